The van der Waals surface area contributed by atoms with Crippen LogP contribution in [0.5, 0.6) is 0 Å². The van der Waals surface area contributed by atoms with Gasteiger partial charge in [-0.15, -0.1) is 0 Å². The van der Waals surface area contributed by atoms with Gasteiger partial charge in [-0.05, 0) is 12.0 Å². The molecule has 0 saturated heterocycles. The van der Waals surface area contributed by atoms with Crippen molar-refractivity contribution >= 4 is 12.4 Å². The van der Waals surface area contributed by atoms with Crippen molar-refractivity contribution in [3.05, 3.63) is 42.0 Å². The van der Waals surface area contributed by atoms with Gasteiger partial charge in [-0.1, -0.05) is 75.1 Å². The monoisotopic (exact) mass is 230 g/mol. The van der Waals surface area contributed by atoms with Gasteiger partial charge in [0.2, 0.25) is 0 Å². The van der Waals surface area contributed by atoms with E-state index in [2.05, 4.69) is 19.1 Å². The molecule has 0 aliphatic heterocycles. The molecule has 0 aliphatic carbocycles. The number of carbonyl (C=O) groups excluding carboxylic acids is 1. The van der Waals surface area contributed by atoms with Gasteiger partial charge in [0.15, 0.2) is 0 Å². The average molecular weight is 230 g/mol. The van der Waals surface area contributed by atoms with E-state index in [1.807, 2.05) is 30.4 Å². The van der Waals surface area contributed by atoms with Crippen LogP contribution in [0.15, 0.2) is 36.4 Å². The van der Waals surface area contributed by atoms with Crippen LogP contribution >= 0.6 is 0 Å². The van der Waals surface area contributed by atoms with E-state index in [-0.39, 0.29) is 5.92 Å². The minimum Gasteiger partial charge on any atom is -0.303 e. The van der Waals surface area contributed by atoms with E-state index in [1.54, 1.807) is 0 Å². The van der Waals surface area contributed by atoms with Gasteiger partial charge >= 0.3 is 0 Å². The van der Waals surface area contributed by atoms with Crippen molar-refractivity contribution in [2.24, 2.45) is 5.92 Å². The molecule has 0 unspecified atom stereocenters. The third kappa shape index (κ3) is 6.06. The summed E-state index contributed by atoms with van der Waals surface area (Å²) in [7, 11) is 0. The SMILES string of the molecule is CCCCCC[C@@H](C=O)/C=C/c1ccccc1. The molecule has 1 nitrogen and oxygen atoms in total. The van der Waals surface area contributed by atoms with Crippen molar-refractivity contribution in [3.8, 4) is 0 Å². The lowest BCUT2D eigenvalue weighted by atomic mass is 10.0. The Bertz CT molecular complexity index is 327. The smallest absolute Gasteiger partial charge is 0.126 e. The van der Waals surface area contributed by atoms with Crippen molar-refractivity contribution in [1.82, 2.24) is 0 Å². The maximum absolute atomic E-state index is 10.9. The van der Waals surface area contributed by atoms with Gasteiger partial charge in [0.05, 0.1) is 0 Å². The first-order valence-corrected chi connectivity index (χ1v) is 6.55. The first-order chi connectivity index (χ1) is 8.36. The maximum Gasteiger partial charge on any atom is 0.126 e. The lowest BCUT2D eigenvalue weighted by Gasteiger charge is -2.04. The summed E-state index contributed by atoms with van der Waals surface area (Å²) in [5, 5.41) is 0. The van der Waals surface area contributed by atoms with Crippen LogP contribution in [0, 0.1) is 5.92 Å². The molecular weight excluding hydrogens is 208 g/mol. The fourth-order valence-electron chi connectivity index (χ4n) is 1.82. The van der Waals surface area contributed by atoms with Gasteiger partial charge < -0.3 is 4.79 Å². The molecule has 0 fully saturated rings. The summed E-state index contributed by atoms with van der Waals surface area (Å²) in [5.74, 6) is 0.0760. The first kappa shape index (κ1) is 13.7. The predicted octanol–water partition coefficient (Wildman–Crippen LogP) is 4.49. The van der Waals surface area contributed by atoms with Gasteiger partial charge in [0.1, 0.15) is 6.29 Å². The minimum absolute atomic E-state index is 0.0760. The topological polar surface area (TPSA) is 17.1 Å². The summed E-state index contributed by atoms with van der Waals surface area (Å²) in [6.45, 7) is 2.20. The molecular formula is C16H22O. The second-order valence-electron chi connectivity index (χ2n) is 4.42. The zero-order valence-electron chi connectivity index (χ0n) is 10.6. The average Bonchev–Trinajstić information content (AvgIpc) is 2.39. The molecule has 0 aromatic heterocycles. The highest BCUT2D eigenvalue weighted by atomic mass is 16.1. The second-order valence-corrected chi connectivity index (χ2v) is 4.42. The molecule has 1 aromatic carbocycles. The predicted molar refractivity (Wildman–Crippen MR) is 73.8 cm³/mol. The third-order valence-corrected chi connectivity index (χ3v) is 2.90. The van der Waals surface area contributed by atoms with Crippen LogP contribution < -0.4 is 0 Å². The van der Waals surface area contributed by atoms with E-state index in [9.17, 15) is 4.79 Å². The van der Waals surface area contributed by atoms with E-state index in [0.717, 1.165) is 24.7 Å². The Hall–Kier alpha value is -1.37. The molecule has 0 amide bonds. The Morgan fingerprint density at radius 3 is 2.53 bits per heavy atom. The molecule has 0 heterocycles. The Morgan fingerprint density at radius 2 is 1.88 bits per heavy atom. The Morgan fingerprint density at radius 1 is 1.12 bits per heavy atom. The molecule has 0 bridgehead atoms. The van der Waals surface area contributed by atoms with Crippen LogP contribution in [0.3, 0.4) is 0 Å². The Labute approximate surface area is 105 Å². The van der Waals surface area contributed by atoms with E-state index >= 15 is 0 Å². The molecule has 1 heteroatoms. The zero-order chi connectivity index (χ0) is 12.3. The van der Waals surface area contributed by atoms with Gasteiger partial charge in [0.25, 0.3) is 0 Å². The maximum atomic E-state index is 10.9. The quantitative estimate of drug-likeness (QED) is 0.475. The zero-order valence-corrected chi connectivity index (χ0v) is 10.6. The minimum atomic E-state index is 0.0760. The van der Waals surface area contributed by atoms with Crippen LogP contribution in [0.25, 0.3) is 6.08 Å². The molecule has 0 aliphatic rings. The van der Waals surface area contributed by atoms with Crippen molar-refractivity contribution < 1.29 is 4.79 Å². The largest absolute Gasteiger partial charge is 0.303 e. The van der Waals surface area contributed by atoms with Crippen LogP contribution in [0.1, 0.15) is 44.6 Å². The lowest BCUT2D eigenvalue weighted by molar-refractivity contribution is -0.110. The molecule has 1 rings (SSSR count). The molecule has 92 valence electrons. The number of rotatable bonds is 8. The first-order valence-electron chi connectivity index (χ1n) is 6.55. The summed E-state index contributed by atoms with van der Waals surface area (Å²) < 4.78 is 0. The number of aldehydes is 1. The molecule has 1 aromatic rings. The number of unbranched alkanes of at least 4 members (excludes halogenated alkanes) is 3. The van der Waals surface area contributed by atoms with Crippen molar-refractivity contribution in [2.75, 3.05) is 0 Å². The second kappa shape index (κ2) is 8.74. The number of benzene rings is 1. The highest BCUT2D eigenvalue weighted by Crippen LogP contribution is 2.12. The van der Waals surface area contributed by atoms with E-state index < -0.39 is 0 Å². The number of allylic oxidation sites excluding steroid dienone is 1. The van der Waals surface area contributed by atoms with Gasteiger partial charge in [-0.25, -0.2) is 0 Å². The van der Waals surface area contributed by atoms with Crippen LogP contribution in [0.2, 0.25) is 0 Å². The van der Waals surface area contributed by atoms with Crippen LogP contribution in [-0.4, -0.2) is 6.29 Å². The fourth-order valence-corrected chi connectivity index (χ4v) is 1.82. The van der Waals surface area contributed by atoms with Crippen molar-refractivity contribution in [1.29, 1.82) is 0 Å². The molecule has 0 spiro atoms. The lowest BCUT2D eigenvalue weighted by Crippen LogP contribution is -1.97. The third-order valence-electron chi connectivity index (χ3n) is 2.90. The van der Waals surface area contributed by atoms with Gasteiger partial charge in [0, 0.05) is 5.92 Å². The van der Waals surface area contributed by atoms with E-state index in [0.29, 0.717) is 0 Å². The number of hydrogen-bond donors (Lipinski definition) is 0. The normalized spacial score (nSPS) is 12.8. The number of carbonyl (C=O) groups is 1. The van der Waals surface area contributed by atoms with Crippen LogP contribution in [0.4, 0.5) is 0 Å². The Balaban J connectivity index is 2.36. The molecule has 1 atom stereocenters. The van der Waals surface area contributed by atoms with Gasteiger partial charge in [-0.3, -0.25) is 0 Å². The molecule has 0 N–H and O–H groups in total. The Kier molecular flexibility index (Phi) is 7.04. The summed E-state index contributed by atoms with van der Waals surface area (Å²) in [6.07, 6.45) is 11.0. The van der Waals surface area contributed by atoms with E-state index in [1.165, 1.54) is 19.3 Å². The fraction of sp³-hybridized carbons (Fsp3) is 0.438. The summed E-state index contributed by atoms with van der Waals surface area (Å²) in [6, 6.07) is 10.1. The summed E-state index contributed by atoms with van der Waals surface area (Å²) in [4.78, 5) is 10.9. The molecule has 0 radical (unpaired) electrons. The van der Waals surface area contributed by atoms with Gasteiger partial charge in [-0.2, -0.15) is 0 Å². The number of hydrogen-bond acceptors (Lipinski definition) is 1. The highest BCUT2D eigenvalue weighted by Gasteiger charge is 2.01. The molecule has 0 saturated carbocycles. The summed E-state index contributed by atoms with van der Waals surface area (Å²) in [5.41, 5.74) is 1.16. The van der Waals surface area contributed by atoms with Crippen LogP contribution in [-0.2, 0) is 4.79 Å². The van der Waals surface area contributed by atoms with Crippen molar-refractivity contribution in [2.45, 2.75) is 39.0 Å². The standard InChI is InChI=1S/C16H22O/c1-2-3-4-6-11-16(14-17)13-12-15-9-7-5-8-10-15/h5,7-10,12-14,16H,2-4,6,11H2,1H3/b13-12+/t16-/m1/s1. The van der Waals surface area contributed by atoms with E-state index in [4.69, 9.17) is 0 Å². The highest BCUT2D eigenvalue weighted by molar-refractivity contribution is 5.61. The molecule has 17 heavy (non-hydrogen) atoms. The van der Waals surface area contributed by atoms with Crippen molar-refractivity contribution in [3.63, 3.8) is 0 Å². The summed E-state index contributed by atoms with van der Waals surface area (Å²) >= 11 is 0.